The van der Waals surface area contributed by atoms with Crippen LogP contribution in [0.15, 0.2) is 36.4 Å². The number of halogens is 1. The van der Waals surface area contributed by atoms with Crippen molar-refractivity contribution in [2.45, 2.75) is 13.8 Å². The minimum absolute atomic E-state index is 0.396. The van der Waals surface area contributed by atoms with Crippen molar-refractivity contribution in [3.63, 3.8) is 0 Å². The van der Waals surface area contributed by atoms with Crippen molar-refractivity contribution in [2.24, 2.45) is 0 Å². The zero-order valence-electron chi connectivity index (χ0n) is 13.0. The van der Waals surface area contributed by atoms with Crippen molar-refractivity contribution in [2.75, 3.05) is 7.11 Å². The van der Waals surface area contributed by atoms with Crippen LogP contribution in [0.1, 0.15) is 20.8 Å². The Balaban J connectivity index is 1.94. The number of benzene rings is 2. The van der Waals surface area contributed by atoms with Gasteiger partial charge in [0.1, 0.15) is 16.4 Å². The highest BCUT2D eigenvalue weighted by Gasteiger charge is 2.19. The highest BCUT2D eigenvalue weighted by atomic mass is 35.5. The fourth-order valence-electron chi connectivity index (χ4n) is 2.24. The lowest BCUT2D eigenvalue weighted by Crippen LogP contribution is -2.07. The Morgan fingerprint density at radius 1 is 1.04 bits per heavy atom. The zero-order valence-corrected chi connectivity index (χ0v) is 14.5. The summed E-state index contributed by atoms with van der Waals surface area (Å²) in [4.78, 5) is 12.8. The maximum absolute atomic E-state index is 12.4. The molecule has 0 saturated heterocycles. The van der Waals surface area contributed by atoms with Gasteiger partial charge >= 0.3 is 5.97 Å². The van der Waals surface area contributed by atoms with E-state index >= 15 is 0 Å². The molecule has 0 aliphatic rings. The Morgan fingerprint density at radius 3 is 2.48 bits per heavy atom. The van der Waals surface area contributed by atoms with Gasteiger partial charge in [0.15, 0.2) is 0 Å². The van der Waals surface area contributed by atoms with Crippen LogP contribution in [-0.4, -0.2) is 13.1 Å². The van der Waals surface area contributed by atoms with E-state index in [2.05, 4.69) is 0 Å². The van der Waals surface area contributed by atoms with Crippen molar-refractivity contribution in [1.82, 2.24) is 0 Å². The highest BCUT2D eigenvalue weighted by molar-refractivity contribution is 7.21. The maximum atomic E-state index is 12.4. The van der Waals surface area contributed by atoms with E-state index in [1.54, 1.807) is 13.2 Å². The molecule has 3 nitrogen and oxygen atoms in total. The van der Waals surface area contributed by atoms with Gasteiger partial charge in [0.2, 0.25) is 0 Å². The highest BCUT2D eigenvalue weighted by Crippen LogP contribution is 2.37. The molecule has 0 aliphatic heterocycles. The van der Waals surface area contributed by atoms with Gasteiger partial charge in [-0.25, -0.2) is 4.79 Å². The number of carbonyl (C=O) groups is 1. The second-order valence-electron chi connectivity index (χ2n) is 5.24. The molecule has 0 bridgehead atoms. The summed E-state index contributed by atoms with van der Waals surface area (Å²) in [5.41, 5.74) is 2.22. The summed E-state index contributed by atoms with van der Waals surface area (Å²) in [6.45, 7) is 3.99. The molecule has 0 radical (unpaired) electrons. The SMILES string of the molecule is COc1ccc2sc(C(=O)Oc3ccc(C)c(C)c3)c(Cl)c2c1. The Morgan fingerprint density at radius 2 is 1.78 bits per heavy atom. The Kier molecular flexibility index (Phi) is 4.28. The first-order valence-corrected chi connectivity index (χ1v) is 8.24. The predicted molar refractivity (Wildman–Crippen MR) is 94.3 cm³/mol. The molecule has 0 unspecified atom stereocenters. The van der Waals surface area contributed by atoms with Crippen LogP contribution in [0.2, 0.25) is 5.02 Å². The molecule has 2 aromatic carbocycles. The van der Waals surface area contributed by atoms with Gasteiger partial charge in [-0.3, -0.25) is 0 Å². The molecule has 0 atom stereocenters. The number of hydrogen-bond acceptors (Lipinski definition) is 4. The second kappa shape index (κ2) is 6.22. The molecule has 0 N–H and O–H groups in total. The van der Waals surface area contributed by atoms with Crippen LogP contribution in [0.3, 0.4) is 0 Å². The zero-order chi connectivity index (χ0) is 16.6. The van der Waals surface area contributed by atoms with Crippen molar-refractivity contribution < 1.29 is 14.3 Å². The van der Waals surface area contributed by atoms with Crippen molar-refractivity contribution in [3.8, 4) is 11.5 Å². The number of hydrogen-bond donors (Lipinski definition) is 0. The topological polar surface area (TPSA) is 35.5 Å². The number of esters is 1. The van der Waals surface area contributed by atoms with E-state index in [-0.39, 0.29) is 0 Å². The molecule has 1 heterocycles. The van der Waals surface area contributed by atoms with Gasteiger partial charge < -0.3 is 9.47 Å². The van der Waals surface area contributed by atoms with Crippen LogP contribution in [0, 0.1) is 13.8 Å². The quantitative estimate of drug-likeness (QED) is 0.470. The molecular formula is C18H15ClO3S. The molecular weight excluding hydrogens is 332 g/mol. The summed E-state index contributed by atoms with van der Waals surface area (Å²) in [6, 6.07) is 11.1. The molecule has 0 spiro atoms. The normalized spacial score (nSPS) is 10.8. The lowest BCUT2D eigenvalue weighted by molar-refractivity contribution is 0.0740. The summed E-state index contributed by atoms with van der Waals surface area (Å²) >= 11 is 7.67. The molecule has 5 heteroatoms. The van der Waals surface area contributed by atoms with Crippen molar-refractivity contribution in [3.05, 3.63) is 57.4 Å². The first-order valence-electron chi connectivity index (χ1n) is 7.05. The van der Waals surface area contributed by atoms with Crippen LogP contribution >= 0.6 is 22.9 Å². The van der Waals surface area contributed by atoms with Crippen LogP contribution in [0.4, 0.5) is 0 Å². The van der Waals surface area contributed by atoms with E-state index in [0.717, 1.165) is 21.2 Å². The molecule has 1 aromatic heterocycles. The van der Waals surface area contributed by atoms with Gasteiger partial charge in [0.05, 0.1) is 12.1 Å². The van der Waals surface area contributed by atoms with Crippen molar-refractivity contribution >= 4 is 39.0 Å². The van der Waals surface area contributed by atoms with Gasteiger partial charge in [-0.2, -0.15) is 0 Å². The van der Waals surface area contributed by atoms with E-state index in [1.165, 1.54) is 11.3 Å². The maximum Gasteiger partial charge on any atom is 0.355 e. The Bertz CT molecular complexity index is 899. The van der Waals surface area contributed by atoms with Crippen LogP contribution in [0.25, 0.3) is 10.1 Å². The van der Waals surface area contributed by atoms with E-state index in [0.29, 0.717) is 21.4 Å². The van der Waals surface area contributed by atoms with Crippen LogP contribution in [0.5, 0.6) is 11.5 Å². The lowest BCUT2D eigenvalue weighted by atomic mass is 10.1. The summed E-state index contributed by atoms with van der Waals surface area (Å²) < 4.78 is 11.6. The van der Waals surface area contributed by atoms with Gasteiger partial charge in [0.25, 0.3) is 0 Å². The summed E-state index contributed by atoms with van der Waals surface area (Å²) in [7, 11) is 1.59. The smallest absolute Gasteiger partial charge is 0.355 e. The van der Waals surface area contributed by atoms with Gasteiger partial charge in [-0.05, 0) is 55.3 Å². The molecule has 3 rings (SSSR count). The average molecular weight is 347 g/mol. The third-order valence-electron chi connectivity index (χ3n) is 3.71. The van der Waals surface area contributed by atoms with E-state index < -0.39 is 5.97 Å². The molecule has 0 aliphatic carbocycles. The fourth-order valence-corrected chi connectivity index (χ4v) is 3.59. The molecule has 0 saturated carbocycles. The Hall–Kier alpha value is -2.04. The van der Waals surface area contributed by atoms with Gasteiger partial charge in [0, 0.05) is 10.1 Å². The molecule has 3 aromatic rings. The average Bonchev–Trinajstić information content (AvgIpc) is 2.87. The van der Waals surface area contributed by atoms with Crippen LogP contribution < -0.4 is 9.47 Å². The number of fused-ring (bicyclic) bond motifs is 1. The molecule has 23 heavy (non-hydrogen) atoms. The Labute approximate surface area is 143 Å². The number of rotatable bonds is 3. The summed E-state index contributed by atoms with van der Waals surface area (Å²) in [5.74, 6) is 0.772. The third-order valence-corrected chi connectivity index (χ3v) is 5.36. The summed E-state index contributed by atoms with van der Waals surface area (Å²) in [6.07, 6.45) is 0. The van der Waals surface area contributed by atoms with E-state index in [1.807, 2.05) is 44.2 Å². The number of thiophene rings is 1. The number of aryl methyl sites for hydroxylation is 2. The fraction of sp³-hybridized carbons (Fsp3) is 0.167. The first kappa shape index (κ1) is 15.8. The molecule has 0 amide bonds. The predicted octanol–water partition coefficient (Wildman–Crippen LogP) is 5.40. The van der Waals surface area contributed by atoms with Crippen LogP contribution in [-0.2, 0) is 0 Å². The lowest BCUT2D eigenvalue weighted by Gasteiger charge is -2.06. The number of ether oxygens (including phenoxy) is 2. The first-order chi connectivity index (χ1) is 11.0. The number of carbonyl (C=O) groups excluding carboxylic acids is 1. The standard InChI is InChI=1S/C18H15ClO3S/c1-10-4-5-13(8-11(10)2)22-18(20)17-16(19)14-9-12(21-3)6-7-15(14)23-17/h4-9H,1-3H3. The largest absolute Gasteiger partial charge is 0.497 e. The van der Waals surface area contributed by atoms with Crippen molar-refractivity contribution in [1.29, 1.82) is 0 Å². The number of methoxy groups -OCH3 is 1. The minimum Gasteiger partial charge on any atom is -0.497 e. The second-order valence-corrected chi connectivity index (χ2v) is 6.67. The molecule has 0 fully saturated rings. The van der Waals surface area contributed by atoms with Gasteiger partial charge in [-0.15, -0.1) is 11.3 Å². The van der Waals surface area contributed by atoms with E-state index in [9.17, 15) is 4.79 Å². The van der Waals surface area contributed by atoms with E-state index in [4.69, 9.17) is 21.1 Å². The monoisotopic (exact) mass is 346 g/mol. The summed E-state index contributed by atoms with van der Waals surface area (Å²) in [5, 5.41) is 1.20. The minimum atomic E-state index is -0.446. The molecule has 118 valence electrons. The van der Waals surface area contributed by atoms with Gasteiger partial charge in [-0.1, -0.05) is 17.7 Å². The third kappa shape index (κ3) is 3.05.